The number of hydrogen-bond donors (Lipinski definition) is 1. The van der Waals surface area contributed by atoms with Crippen molar-refractivity contribution in [2.24, 2.45) is 5.92 Å². The standard InChI is InChI=1S/C19H24FN3O2/c1-13-11-21-22-17(13)9-15-4-3-7-23(12-15)19(24)10-14-5-6-18(25-2)16(20)8-14/h5-6,8,11,15H,3-4,7,9-10,12H2,1-2H3,(H,21,22)/t15-/m1/s1. The highest BCUT2D eigenvalue weighted by atomic mass is 19.1. The van der Waals surface area contributed by atoms with E-state index in [0.717, 1.165) is 43.6 Å². The highest BCUT2D eigenvalue weighted by molar-refractivity contribution is 5.79. The minimum Gasteiger partial charge on any atom is -0.494 e. The smallest absolute Gasteiger partial charge is 0.227 e. The number of carbonyl (C=O) groups excluding carboxylic acids is 1. The molecule has 1 aromatic heterocycles. The summed E-state index contributed by atoms with van der Waals surface area (Å²) in [6, 6.07) is 4.69. The molecule has 1 atom stereocenters. The summed E-state index contributed by atoms with van der Waals surface area (Å²) in [5, 5.41) is 7.11. The van der Waals surface area contributed by atoms with Crippen LogP contribution in [0.25, 0.3) is 0 Å². The summed E-state index contributed by atoms with van der Waals surface area (Å²) in [5.74, 6) is 0.253. The van der Waals surface area contributed by atoms with Crippen LogP contribution in [0.1, 0.15) is 29.7 Å². The first kappa shape index (κ1) is 17.5. The van der Waals surface area contributed by atoms with Crippen molar-refractivity contribution in [3.63, 3.8) is 0 Å². The number of methoxy groups -OCH3 is 1. The zero-order valence-electron chi connectivity index (χ0n) is 14.7. The van der Waals surface area contributed by atoms with Gasteiger partial charge in [-0.3, -0.25) is 9.89 Å². The zero-order chi connectivity index (χ0) is 17.8. The number of benzene rings is 1. The van der Waals surface area contributed by atoms with Crippen molar-refractivity contribution in [3.05, 3.63) is 47.0 Å². The molecule has 1 saturated heterocycles. The largest absolute Gasteiger partial charge is 0.494 e. The monoisotopic (exact) mass is 345 g/mol. The lowest BCUT2D eigenvalue weighted by Crippen LogP contribution is -2.41. The van der Waals surface area contributed by atoms with Gasteiger partial charge in [-0.2, -0.15) is 5.10 Å². The summed E-state index contributed by atoms with van der Waals surface area (Å²) in [5.41, 5.74) is 2.99. The van der Waals surface area contributed by atoms with E-state index in [4.69, 9.17) is 4.74 Å². The molecule has 3 rings (SSSR count). The number of nitrogens with zero attached hydrogens (tertiary/aromatic N) is 2. The van der Waals surface area contributed by atoms with E-state index >= 15 is 0 Å². The highest BCUT2D eigenvalue weighted by Crippen LogP contribution is 2.23. The Labute approximate surface area is 147 Å². The van der Waals surface area contributed by atoms with Gasteiger partial charge in [0.25, 0.3) is 0 Å². The number of hydrogen-bond acceptors (Lipinski definition) is 3. The minimum atomic E-state index is -0.431. The molecule has 0 spiro atoms. The van der Waals surface area contributed by atoms with E-state index in [1.807, 2.05) is 18.0 Å². The number of carbonyl (C=O) groups is 1. The molecule has 0 bridgehead atoms. The number of likely N-dealkylation sites (tertiary alicyclic amines) is 1. The Hall–Kier alpha value is -2.37. The van der Waals surface area contributed by atoms with Crippen molar-refractivity contribution in [3.8, 4) is 5.75 Å². The molecule has 0 radical (unpaired) electrons. The van der Waals surface area contributed by atoms with Crippen molar-refractivity contribution < 1.29 is 13.9 Å². The van der Waals surface area contributed by atoms with Crippen LogP contribution in [-0.4, -0.2) is 41.2 Å². The Morgan fingerprint density at radius 1 is 1.48 bits per heavy atom. The SMILES string of the molecule is COc1ccc(CC(=O)N2CCC[C@H](Cc3[nH]ncc3C)C2)cc1F. The van der Waals surface area contributed by atoms with Crippen LogP contribution in [0.5, 0.6) is 5.75 Å². The molecular formula is C19H24FN3O2. The first-order valence-corrected chi connectivity index (χ1v) is 8.66. The Kier molecular flexibility index (Phi) is 5.36. The minimum absolute atomic E-state index is 0.0515. The summed E-state index contributed by atoms with van der Waals surface area (Å²) < 4.78 is 18.7. The van der Waals surface area contributed by atoms with Gasteiger partial charge < -0.3 is 9.64 Å². The number of rotatable bonds is 5. The van der Waals surface area contributed by atoms with Gasteiger partial charge >= 0.3 is 0 Å². The Morgan fingerprint density at radius 3 is 3.00 bits per heavy atom. The van der Waals surface area contributed by atoms with Crippen molar-refractivity contribution in [2.45, 2.75) is 32.6 Å². The van der Waals surface area contributed by atoms with Crippen LogP contribution in [0.4, 0.5) is 4.39 Å². The number of piperidine rings is 1. The number of aromatic nitrogens is 2. The molecule has 1 aromatic carbocycles. The van der Waals surface area contributed by atoms with Gasteiger partial charge in [0.2, 0.25) is 5.91 Å². The van der Waals surface area contributed by atoms with Crippen LogP contribution in [0.15, 0.2) is 24.4 Å². The maximum absolute atomic E-state index is 13.8. The highest BCUT2D eigenvalue weighted by Gasteiger charge is 2.24. The average Bonchev–Trinajstić information content (AvgIpc) is 3.00. The third-order valence-electron chi connectivity index (χ3n) is 4.87. The van der Waals surface area contributed by atoms with Gasteiger partial charge in [-0.1, -0.05) is 6.07 Å². The second-order valence-corrected chi connectivity index (χ2v) is 6.73. The van der Waals surface area contributed by atoms with E-state index < -0.39 is 5.82 Å². The number of H-pyrrole nitrogens is 1. The van der Waals surface area contributed by atoms with Gasteiger partial charge in [0, 0.05) is 18.8 Å². The fourth-order valence-electron chi connectivity index (χ4n) is 3.43. The van der Waals surface area contributed by atoms with Crippen molar-refractivity contribution in [1.29, 1.82) is 0 Å². The number of aryl methyl sites for hydroxylation is 1. The summed E-state index contributed by atoms with van der Waals surface area (Å²) >= 11 is 0. The molecule has 6 heteroatoms. The van der Waals surface area contributed by atoms with Crippen molar-refractivity contribution in [1.82, 2.24) is 15.1 Å². The van der Waals surface area contributed by atoms with E-state index in [1.165, 1.54) is 13.2 Å². The fourth-order valence-corrected chi connectivity index (χ4v) is 3.43. The molecular weight excluding hydrogens is 321 g/mol. The third kappa shape index (κ3) is 4.18. The number of aromatic amines is 1. The van der Waals surface area contributed by atoms with Crippen molar-refractivity contribution >= 4 is 5.91 Å². The first-order valence-electron chi connectivity index (χ1n) is 8.66. The lowest BCUT2D eigenvalue weighted by Gasteiger charge is -2.33. The van der Waals surface area contributed by atoms with E-state index in [2.05, 4.69) is 10.2 Å². The molecule has 0 unspecified atom stereocenters. The lowest BCUT2D eigenvalue weighted by molar-refractivity contribution is -0.132. The summed E-state index contributed by atoms with van der Waals surface area (Å²) in [4.78, 5) is 14.5. The fraction of sp³-hybridized carbons (Fsp3) is 0.474. The van der Waals surface area contributed by atoms with Gasteiger partial charge in [-0.25, -0.2) is 4.39 Å². The van der Waals surface area contributed by atoms with Crippen LogP contribution < -0.4 is 4.74 Å². The molecule has 1 aliphatic rings. The molecule has 1 N–H and O–H groups in total. The number of amides is 1. The molecule has 0 aliphatic carbocycles. The van der Waals surface area contributed by atoms with Gasteiger partial charge in [-0.05, 0) is 55.4 Å². The normalized spacial score (nSPS) is 17.6. The maximum Gasteiger partial charge on any atom is 0.227 e. The number of halogens is 1. The quantitative estimate of drug-likeness (QED) is 0.906. The molecule has 2 heterocycles. The molecule has 1 aliphatic heterocycles. The van der Waals surface area contributed by atoms with Gasteiger partial charge in [0.05, 0.1) is 19.7 Å². The predicted molar refractivity (Wildman–Crippen MR) is 93.0 cm³/mol. The van der Waals surface area contributed by atoms with Crippen molar-refractivity contribution in [2.75, 3.05) is 20.2 Å². The summed E-state index contributed by atoms with van der Waals surface area (Å²) in [6.07, 6.45) is 5.07. The van der Waals surface area contributed by atoms with Gasteiger partial charge in [0.15, 0.2) is 11.6 Å². The summed E-state index contributed by atoms with van der Waals surface area (Å²) in [6.45, 7) is 3.56. The maximum atomic E-state index is 13.8. The van der Waals surface area contributed by atoms with Crippen LogP contribution in [0.2, 0.25) is 0 Å². The summed E-state index contributed by atoms with van der Waals surface area (Å²) in [7, 11) is 1.43. The van der Waals surface area contributed by atoms with Crippen LogP contribution in [0, 0.1) is 18.7 Å². The number of ether oxygens (including phenoxy) is 1. The van der Waals surface area contributed by atoms with E-state index in [0.29, 0.717) is 11.5 Å². The Balaban J connectivity index is 1.60. The molecule has 1 fully saturated rings. The Bertz CT molecular complexity index is 744. The van der Waals surface area contributed by atoms with Crippen LogP contribution in [0.3, 0.4) is 0 Å². The first-order chi connectivity index (χ1) is 12.1. The lowest BCUT2D eigenvalue weighted by atomic mass is 9.92. The second-order valence-electron chi connectivity index (χ2n) is 6.73. The van der Waals surface area contributed by atoms with Crippen LogP contribution >= 0.6 is 0 Å². The zero-order valence-corrected chi connectivity index (χ0v) is 14.7. The number of nitrogens with one attached hydrogen (secondary N) is 1. The van der Waals surface area contributed by atoms with E-state index in [-0.39, 0.29) is 18.1 Å². The molecule has 25 heavy (non-hydrogen) atoms. The Morgan fingerprint density at radius 2 is 2.32 bits per heavy atom. The van der Waals surface area contributed by atoms with E-state index in [1.54, 1.807) is 12.1 Å². The average molecular weight is 345 g/mol. The van der Waals surface area contributed by atoms with E-state index in [9.17, 15) is 9.18 Å². The second kappa shape index (κ2) is 7.68. The predicted octanol–water partition coefficient (Wildman–Crippen LogP) is 2.89. The molecule has 134 valence electrons. The molecule has 0 saturated carbocycles. The van der Waals surface area contributed by atoms with Gasteiger partial charge in [-0.15, -0.1) is 0 Å². The van der Waals surface area contributed by atoms with Gasteiger partial charge in [0.1, 0.15) is 0 Å². The van der Waals surface area contributed by atoms with Crippen LogP contribution in [-0.2, 0) is 17.6 Å². The third-order valence-corrected chi connectivity index (χ3v) is 4.87. The topological polar surface area (TPSA) is 58.2 Å². The molecule has 1 amide bonds. The molecule has 2 aromatic rings. The molecule has 5 nitrogen and oxygen atoms in total.